The Morgan fingerprint density at radius 3 is 2.23 bits per heavy atom. The zero-order valence-corrected chi connectivity index (χ0v) is 7.84. The Hall–Kier alpha value is -0.940. The Kier molecular flexibility index (Phi) is 3.00. The van der Waals surface area contributed by atoms with Gasteiger partial charge in [0, 0.05) is 0 Å². The average Bonchev–Trinajstić information content (AvgIpc) is 2.18. The third-order valence-corrected chi connectivity index (χ3v) is 2.87. The lowest BCUT2D eigenvalue weighted by Crippen LogP contribution is -2.02. The van der Waals surface area contributed by atoms with E-state index in [2.05, 4.69) is 4.18 Å². The minimum atomic E-state index is -3.65. The number of hydrogen-bond acceptors (Lipinski definition) is 3. The molecule has 72 valence electrons. The number of alkyl halides is 1. The van der Waals surface area contributed by atoms with Gasteiger partial charge in [0.25, 0.3) is 10.1 Å². The van der Waals surface area contributed by atoms with Crippen LogP contribution in [0.3, 0.4) is 0 Å². The summed E-state index contributed by atoms with van der Waals surface area (Å²) in [5.41, 5.74) is 0.440. The van der Waals surface area contributed by atoms with Crippen molar-refractivity contribution in [1.82, 2.24) is 0 Å². The van der Waals surface area contributed by atoms with Crippen LogP contribution in [0.25, 0.3) is 0 Å². The lowest BCUT2D eigenvalue weighted by molar-refractivity contribution is 0.397. The number of benzene rings is 1. The maximum Gasteiger partial charge on any atom is 0.296 e. The monoisotopic (exact) mass is 203 g/mol. The molecule has 0 bridgehead atoms. The predicted molar refractivity (Wildman–Crippen MR) is 45.4 cm³/mol. The highest BCUT2D eigenvalue weighted by Gasteiger charge is 2.11. The van der Waals surface area contributed by atoms with Crippen molar-refractivity contribution in [3.63, 3.8) is 0 Å². The molecule has 0 aromatic heterocycles. The van der Waals surface area contributed by atoms with Crippen molar-refractivity contribution >= 4 is 10.1 Å². The highest BCUT2D eigenvalue weighted by Crippen LogP contribution is 2.12. The molecule has 0 heterocycles. The topological polar surface area (TPSA) is 43.4 Å². The van der Waals surface area contributed by atoms with Crippen LogP contribution >= 0.6 is 0 Å². The summed E-state index contributed by atoms with van der Waals surface area (Å²) >= 11 is 0. The minimum absolute atomic E-state index is 0.0344. The van der Waals surface area contributed by atoms with E-state index in [1.54, 1.807) is 0 Å². The van der Waals surface area contributed by atoms with Crippen LogP contribution in [0.5, 0.6) is 0 Å². The Morgan fingerprint density at radius 2 is 1.85 bits per heavy atom. The van der Waals surface area contributed by atoms with Gasteiger partial charge in [-0.3, -0.25) is 4.18 Å². The van der Waals surface area contributed by atoms with E-state index in [1.165, 1.54) is 24.3 Å². The fraction of sp³-hybridized carbons (Fsp3) is 0.250. The summed E-state index contributed by atoms with van der Waals surface area (Å²) in [5, 5.41) is 0. The van der Waals surface area contributed by atoms with Gasteiger partial charge in [0.15, 0.2) is 0 Å². The van der Waals surface area contributed by atoms with E-state index >= 15 is 0 Å². The third-order valence-electron chi connectivity index (χ3n) is 1.59. The Balaban J connectivity index is 3.06. The second-order valence-electron chi connectivity index (χ2n) is 2.40. The molecule has 0 aliphatic rings. The fourth-order valence-corrected chi connectivity index (χ4v) is 1.50. The molecule has 0 fully saturated rings. The molecule has 0 amide bonds. The summed E-state index contributed by atoms with van der Waals surface area (Å²) in [6, 6.07) is 5.44. The van der Waals surface area contributed by atoms with E-state index < -0.39 is 16.8 Å². The van der Waals surface area contributed by atoms with Crippen molar-refractivity contribution in [3.8, 4) is 0 Å². The first kappa shape index (κ1) is 10.1. The van der Waals surface area contributed by atoms with E-state index in [0.717, 1.165) is 7.11 Å². The SMILES string of the molecule is COS(=O)(=O)c1ccc(C[18F])cc1. The first-order valence-corrected chi connectivity index (χ1v) is 4.96. The Morgan fingerprint density at radius 1 is 1.31 bits per heavy atom. The largest absolute Gasteiger partial charge is 0.296 e. The van der Waals surface area contributed by atoms with E-state index in [0.29, 0.717) is 5.56 Å². The molecule has 0 aliphatic heterocycles. The van der Waals surface area contributed by atoms with Crippen LogP contribution in [-0.2, 0) is 21.0 Å². The standard InChI is InChI=1S/C8H9FO3S/c1-12-13(10,11)8-4-2-7(6-9)3-5-8/h2-5H,6H2,1H3/i9-1. The first-order chi connectivity index (χ1) is 6.10. The summed E-state index contributed by atoms with van der Waals surface area (Å²) in [5.74, 6) is 0. The van der Waals surface area contributed by atoms with Crippen molar-refractivity contribution in [2.24, 2.45) is 0 Å². The number of rotatable bonds is 3. The smallest absolute Gasteiger partial charge is 0.270 e. The quantitative estimate of drug-likeness (QED) is 0.699. The van der Waals surface area contributed by atoms with Crippen LogP contribution in [0.2, 0.25) is 0 Å². The molecular formula is C8H9FO3S. The van der Waals surface area contributed by atoms with Gasteiger partial charge < -0.3 is 0 Å². The first-order valence-electron chi connectivity index (χ1n) is 3.55. The highest BCUT2D eigenvalue weighted by molar-refractivity contribution is 7.86. The second-order valence-corrected chi connectivity index (χ2v) is 4.11. The van der Waals surface area contributed by atoms with Crippen LogP contribution in [0.15, 0.2) is 29.2 Å². The maximum atomic E-state index is 12.1. The van der Waals surface area contributed by atoms with Crippen LogP contribution in [0, 0.1) is 0 Å². The molecular weight excluding hydrogens is 194 g/mol. The van der Waals surface area contributed by atoms with Gasteiger partial charge in [0.2, 0.25) is 0 Å². The van der Waals surface area contributed by atoms with Crippen molar-refractivity contribution in [1.29, 1.82) is 0 Å². The second kappa shape index (κ2) is 3.85. The molecule has 0 atom stereocenters. The van der Waals surface area contributed by atoms with Crippen molar-refractivity contribution in [3.05, 3.63) is 29.8 Å². The van der Waals surface area contributed by atoms with Gasteiger partial charge in [-0.1, -0.05) is 12.1 Å². The van der Waals surface area contributed by atoms with Crippen LogP contribution in [0.1, 0.15) is 5.56 Å². The van der Waals surface area contributed by atoms with Crippen molar-refractivity contribution in [2.75, 3.05) is 7.11 Å². The zero-order valence-electron chi connectivity index (χ0n) is 7.03. The molecule has 0 spiro atoms. The van der Waals surface area contributed by atoms with Crippen molar-refractivity contribution in [2.45, 2.75) is 11.6 Å². The molecule has 5 heteroatoms. The Labute approximate surface area is 76.3 Å². The molecule has 0 unspecified atom stereocenters. The van der Waals surface area contributed by atoms with Gasteiger partial charge in [-0.15, -0.1) is 0 Å². The summed E-state index contributed by atoms with van der Waals surface area (Å²) < 4.78 is 38.5. The van der Waals surface area contributed by atoms with Crippen molar-refractivity contribution < 1.29 is 17.0 Å². The van der Waals surface area contributed by atoms with E-state index in [-0.39, 0.29) is 4.90 Å². The predicted octanol–water partition coefficient (Wildman–Crippen LogP) is 1.49. The van der Waals surface area contributed by atoms with Gasteiger partial charge in [0.05, 0.1) is 12.0 Å². The summed E-state index contributed by atoms with van der Waals surface area (Å²) in [4.78, 5) is 0.0344. The highest BCUT2D eigenvalue weighted by atomic mass is 32.2. The van der Waals surface area contributed by atoms with E-state index in [9.17, 15) is 12.8 Å². The minimum Gasteiger partial charge on any atom is -0.270 e. The lowest BCUT2D eigenvalue weighted by atomic mass is 10.2. The molecule has 0 saturated heterocycles. The molecule has 0 radical (unpaired) electrons. The fourth-order valence-electron chi connectivity index (χ4n) is 0.841. The molecule has 1 rings (SSSR count). The normalized spacial score (nSPS) is 11.5. The lowest BCUT2D eigenvalue weighted by Gasteiger charge is -2.00. The summed E-state index contributed by atoms with van der Waals surface area (Å²) in [6.07, 6.45) is 0. The van der Waals surface area contributed by atoms with E-state index in [1.807, 2.05) is 0 Å². The van der Waals surface area contributed by atoms with Gasteiger partial charge >= 0.3 is 0 Å². The molecule has 13 heavy (non-hydrogen) atoms. The van der Waals surface area contributed by atoms with Crippen LogP contribution in [-0.4, -0.2) is 15.5 Å². The molecule has 1 aromatic rings. The molecule has 3 nitrogen and oxygen atoms in total. The summed E-state index contributed by atoms with van der Waals surface area (Å²) in [7, 11) is -2.56. The molecule has 0 N–H and O–H groups in total. The van der Waals surface area contributed by atoms with Gasteiger partial charge in [-0.05, 0) is 17.7 Å². The van der Waals surface area contributed by atoms with Gasteiger partial charge in [0.1, 0.15) is 6.67 Å². The van der Waals surface area contributed by atoms with Gasteiger partial charge in [-0.2, -0.15) is 8.42 Å². The summed E-state index contributed by atoms with van der Waals surface area (Å²) in [6.45, 7) is -0.604. The third kappa shape index (κ3) is 2.26. The Bertz CT molecular complexity index is 369. The molecule has 1 aromatic carbocycles. The molecule has 0 saturated carbocycles. The van der Waals surface area contributed by atoms with Crippen LogP contribution < -0.4 is 0 Å². The zero-order chi connectivity index (χ0) is 9.90. The van der Waals surface area contributed by atoms with Crippen LogP contribution in [0.4, 0.5) is 4.39 Å². The van der Waals surface area contributed by atoms with Gasteiger partial charge in [-0.25, -0.2) is 4.39 Å². The molecule has 0 aliphatic carbocycles. The average molecular weight is 203 g/mol. The van der Waals surface area contributed by atoms with E-state index in [4.69, 9.17) is 0 Å². The maximum absolute atomic E-state index is 12.1. The number of halogens is 1. The number of hydrogen-bond donors (Lipinski definition) is 0.